The first-order valence-corrected chi connectivity index (χ1v) is 7.40. The standard InChI is InChI=1S/C18H21NO/c1-2-5-15(6-3-1)13-16-8-10-17(11-9-16)20-18-7-4-12-19-14-18/h1-3,5-6,8-11,18-19H,4,7,12-14H2/t18-/m0/s1. The molecule has 0 amide bonds. The fourth-order valence-electron chi connectivity index (χ4n) is 2.63. The fourth-order valence-corrected chi connectivity index (χ4v) is 2.63. The highest BCUT2D eigenvalue weighted by Gasteiger charge is 2.13. The van der Waals surface area contributed by atoms with Gasteiger partial charge in [0, 0.05) is 6.54 Å². The zero-order chi connectivity index (χ0) is 13.6. The van der Waals surface area contributed by atoms with Gasteiger partial charge in [0.05, 0.1) is 0 Å². The maximum Gasteiger partial charge on any atom is 0.119 e. The third kappa shape index (κ3) is 3.61. The van der Waals surface area contributed by atoms with Crippen LogP contribution >= 0.6 is 0 Å². The molecule has 1 aliphatic rings. The molecule has 1 N–H and O–H groups in total. The fraction of sp³-hybridized carbons (Fsp3) is 0.333. The first-order valence-electron chi connectivity index (χ1n) is 7.40. The van der Waals surface area contributed by atoms with Crippen molar-refractivity contribution in [3.63, 3.8) is 0 Å². The van der Waals surface area contributed by atoms with Crippen molar-refractivity contribution < 1.29 is 4.74 Å². The minimum absolute atomic E-state index is 0.323. The third-order valence-corrected chi connectivity index (χ3v) is 3.73. The van der Waals surface area contributed by atoms with Crippen LogP contribution in [0.25, 0.3) is 0 Å². The van der Waals surface area contributed by atoms with Crippen LogP contribution in [0.4, 0.5) is 0 Å². The van der Waals surface area contributed by atoms with E-state index in [4.69, 9.17) is 4.74 Å². The molecular weight excluding hydrogens is 246 g/mol. The molecule has 3 rings (SSSR count). The lowest BCUT2D eigenvalue weighted by atomic mass is 10.1. The lowest BCUT2D eigenvalue weighted by Crippen LogP contribution is -2.37. The molecule has 1 aliphatic heterocycles. The lowest BCUT2D eigenvalue weighted by Gasteiger charge is -2.24. The highest BCUT2D eigenvalue weighted by atomic mass is 16.5. The molecule has 0 saturated carbocycles. The van der Waals surface area contributed by atoms with Gasteiger partial charge in [0.15, 0.2) is 0 Å². The Hall–Kier alpha value is -1.80. The smallest absolute Gasteiger partial charge is 0.119 e. The van der Waals surface area contributed by atoms with E-state index in [-0.39, 0.29) is 0 Å². The molecule has 0 radical (unpaired) electrons. The number of hydrogen-bond donors (Lipinski definition) is 1. The van der Waals surface area contributed by atoms with Gasteiger partial charge in [0.1, 0.15) is 11.9 Å². The van der Waals surface area contributed by atoms with E-state index < -0.39 is 0 Å². The Morgan fingerprint density at radius 3 is 2.40 bits per heavy atom. The normalized spacial score (nSPS) is 18.7. The highest BCUT2D eigenvalue weighted by Crippen LogP contribution is 2.18. The topological polar surface area (TPSA) is 21.3 Å². The Balaban J connectivity index is 1.59. The second-order valence-corrected chi connectivity index (χ2v) is 5.39. The van der Waals surface area contributed by atoms with E-state index in [1.165, 1.54) is 17.5 Å². The molecular formula is C18H21NO. The number of nitrogens with one attached hydrogen (secondary N) is 1. The number of ether oxygens (including phenoxy) is 1. The van der Waals surface area contributed by atoms with Gasteiger partial charge in [-0.1, -0.05) is 42.5 Å². The van der Waals surface area contributed by atoms with E-state index in [1.54, 1.807) is 0 Å². The zero-order valence-electron chi connectivity index (χ0n) is 11.7. The molecule has 2 nitrogen and oxygen atoms in total. The van der Waals surface area contributed by atoms with Gasteiger partial charge in [-0.15, -0.1) is 0 Å². The van der Waals surface area contributed by atoms with Crippen LogP contribution in [0.15, 0.2) is 54.6 Å². The predicted octanol–water partition coefficient (Wildman–Crippen LogP) is 3.41. The lowest BCUT2D eigenvalue weighted by molar-refractivity contribution is 0.167. The second-order valence-electron chi connectivity index (χ2n) is 5.39. The van der Waals surface area contributed by atoms with Crippen molar-refractivity contribution in [2.45, 2.75) is 25.4 Å². The van der Waals surface area contributed by atoms with Crippen molar-refractivity contribution in [1.82, 2.24) is 5.32 Å². The van der Waals surface area contributed by atoms with Crippen molar-refractivity contribution in [2.24, 2.45) is 0 Å². The summed E-state index contributed by atoms with van der Waals surface area (Å²) in [4.78, 5) is 0. The first-order chi connectivity index (χ1) is 9.90. The van der Waals surface area contributed by atoms with Crippen molar-refractivity contribution >= 4 is 0 Å². The molecule has 104 valence electrons. The van der Waals surface area contributed by atoms with Crippen molar-refractivity contribution in [3.8, 4) is 5.75 Å². The molecule has 2 aromatic carbocycles. The Morgan fingerprint density at radius 1 is 0.950 bits per heavy atom. The molecule has 1 fully saturated rings. The summed E-state index contributed by atoms with van der Waals surface area (Å²) in [6.07, 6.45) is 3.66. The molecule has 0 spiro atoms. The second kappa shape index (κ2) is 6.58. The summed E-state index contributed by atoms with van der Waals surface area (Å²) in [6, 6.07) is 19.1. The third-order valence-electron chi connectivity index (χ3n) is 3.73. The van der Waals surface area contributed by atoms with E-state index in [1.807, 2.05) is 0 Å². The van der Waals surface area contributed by atoms with Crippen LogP contribution in [-0.4, -0.2) is 19.2 Å². The molecule has 1 heterocycles. The number of hydrogen-bond acceptors (Lipinski definition) is 2. The van der Waals surface area contributed by atoms with Gasteiger partial charge in [-0.3, -0.25) is 0 Å². The molecule has 20 heavy (non-hydrogen) atoms. The Bertz CT molecular complexity index is 515. The van der Waals surface area contributed by atoms with E-state index in [2.05, 4.69) is 59.9 Å². The van der Waals surface area contributed by atoms with Gasteiger partial charge in [0.25, 0.3) is 0 Å². The van der Waals surface area contributed by atoms with Gasteiger partial charge in [-0.2, -0.15) is 0 Å². The minimum Gasteiger partial charge on any atom is -0.489 e. The molecule has 0 aliphatic carbocycles. The average Bonchev–Trinajstić information content (AvgIpc) is 2.51. The number of benzene rings is 2. The number of piperidine rings is 1. The van der Waals surface area contributed by atoms with E-state index >= 15 is 0 Å². The molecule has 0 bridgehead atoms. The highest BCUT2D eigenvalue weighted by molar-refractivity contribution is 5.31. The maximum absolute atomic E-state index is 6.00. The van der Waals surface area contributed by atoms with Crippen LogP contribution in [-0.2, 0) is 6.42 Å². The SMILES string of the molecule is c1ccc(Cc2ccc(O[C@H]3CCCNC3)cc2)cc1. The summed E-state index contributed by atoms with van der Waals surface area (Å²) in [5, 5.41) is 3.37. The Labute approximate surface area is 120 Å². The average molecular weight is 267 g/mol. The monoisotopic (exact) mass is 267 g/mol. The van der Waals surface area contributed by atoms with Crippen molar-refractivity contribution in [2.75, 3.05) is 13.1 Å². The Morgan fingerprint density at radius 2 is 1.70 bits per heavy atom. The van der Waals surface area contributed by atoms with Crippen LogP contribution in [0.3, 0.4) is 0 Å². The van der Waals surface area contributed by atoms with E-state index in [0.29, 0.717) is 6.10 Å². The van der Waals surface area contributed by atoms with E-state index in [0.717, 1.165) is 31.7 Å². The van der Waals surface area contributed by atoms with Gasteiger partial charge in [0.2, 0.25) is 0 Å². The molecule has 2 aromatic rings. The van der Waals surface area contributed by atoms with Crippen LogP contribution in [0.1, 0.15) is 24.0 Å². The van der Waals surface area contributed by atoms with Gasteiger partial charge >= 0.3 is 0 Å². The summed E-state index contributed by atoms with van der Waals surface area (Å²) < 4.78 is 6.00. The largest absolute Gasteiger partial charge is 0.489 e. The minimum atomic E-state index is 0.323. The van der Waals surface area contributed by atoms with Crippen LogP contribution in [0, 0.1) is 0 Å². The summed E-state index contributed by atoms with van der Waals surface area (Å²) in [5.74, 6) is 0.982. The Kier molecular flexibility index (Phi) is 4.34. The van der Waals surface area contributed by atoms with Crippen molar-refractivity contribution in [3.05, 3.63) is 65.7 Å². The predicted molar refractivity (Wildman–Crippen MR) is 82.2 cm³/mol. The molecule has 1 atom stereocenters. The molecule has 1 saturated heterocycles. The maximum atomic E-state index is 6.00. The first kappa shape index (κ1) is 13.2. The quantitative estimate of drug-likeness (QED) is 0.916. The van der Waals surface area contributed by atoms with Crippen LogP contribution < -0.4 is 10.1 Å². The van der Waals surface area contributed by atoms with Gasteiger partial charge in [-0.05, 0) is 49.1 Å². The van der Waals surface area contributed by atoms with Crippen LogP contribution in [0.5, 0.6) is 5.75 Å². The summed E-state index contributed by atoms with van der Waals surface area (Å²) >= 11 is 0. The van der Waals surface area contributed by atoms with E-state index in [9.17, 15) is 0 Å². The van der Waals surface area contributed by atoms with Gasteiger partial charge < -0.3 is 10.1 Å². The van der Waals surface area contributed by atoms with Crippen molar-refractivity contribution in [1.29, 1.82) is 0 Å². The summed E-state index contributed by atoms with van der Waals surface area (Å²) in [7, 11) is 0. The molecule has 0 unspecified atom stereocenters. The van der Waals surface area contributed by atoms with Crippen LogP contribution in [0.2, 0.25) is 0 Å². The summed E-state index contributed by atoms with van der Waals surface area (Å²) in [5.41, 5.74) is 2.67. The van der Waals surface area contributed by atoms with Gasteiger partial charge in [-0.25, -0.2) is 0 Å². The molecule has 2 heteroatoms. The zero-order valence-corrected chi connectivity index (χ0v) is 11.7. The number of rotatable bonds is 4. The summed E-state index contributed by atoms with van der Waals surface area (Å²) in [6.45, 7) is 2.08. The molecule has 0 aromatic heterocycles.